The van der Waals surface area contributed by atoms with Crippen molar-refractivity contribution in [3.8, 4) is 0 Å². The Bertz CT molecular complexity index is 389. The monoisotopic (exact) mass is 320 g/mol. The highest BCUT2D eigenvalue weighted by molar-refractivity contribution is 9.10. The fourth-order valence-electron chi connectivity index (χ4n) is 1.36. The van der Waals surface area contributed by atoms with Gasteiger partial charge in [0.15, 0.2) is 0 Å². The number of halogens is 2. The summed E-state index contributed by atoms with van der Waals surface area (Å²) in [6, 6.07) is 1.73. The number of methoxy groups -OCH3 is 1. The molecule has 0 saturated carbocycles. The molecule has 1 rings (SSSR count). The molecule has 0 aliphatic rings. The summed E-state index contributed by atoms with van der Waals surface area (Å²) in [6.07, 6.45) is 3.16. The van der Waals surface area contributed by atoms with Crippen molar-refractivity contribution in [2.75, 3.05) is 27.3 Å². The van der Waals surface area contributed by atoms with E-state index < -0.39 is 0 Å². The number of hydrogen-bond acceptors (Lipinski definition) is 3. The number of pyridine rings is 1. The Morgan fingerprint density at radius 1 is 1.65 bits per heavy atom. The fourth-order valence-corrected chi connectivity index (χ4v) is 2.06. The van der Waals surface area contributed by atoms with Gasteiger partial charge in [-0.1, -0.05) is 0 Å². The molecule has 1 atom stereocenters. The summed E-state index contributed by atoms with van der Waals surface area (Å²) in [4.78, 5) is 17.5. The molecule has 17 heavy (non-hydrogen) atoms. The summed E-state index contributed by atoms with van der Waals surface area (Å²) in [5.41, 5.74) is 0.531. The molecule has 0 bridgehead atoms. The highest BCUT2D eigenvalue weighted by atomic mass is 79.9. The van der Waals surface area contributed by atoms with Gasteiger partial charge in [-0.25, -0.2) is 0 Å². The van der Waals surface area contributed by atoms with E-state index in [0.29, 0.717) is 18.7 Å². The van der Waals surface area contributed by atoms with Crippen LogP contribution in [0.2, 0.25) is 0 Å². The van der Waals surface area contributed by atoms with Gasteiger partial charge in [0.2, 0.25) is 0 Å². The lowest BCUT2D eigenvalue weighted by atomic mass is 10.2. The van der Waals surface area contributed by atoms with Crippen molar-refractivity contribution in [2.45, 2.75) is 5.38 Å². The van der Waals surface area contributed by atoms with Crippen molar-refractivity contribution in [3.05, 3.63) is 28.5 Å². The Morgan fingerprint density at radius 3 is 2.94 bits per heavy atom. The van der Waals surface area contributed by atoms with Gasteiger partial charge in [0.25, 0.3) is 5.91 Å². The van der Waals surface area contributed by atoms with E-state index in [1.54, 1.807) is 31.3 Å². The van der Waals surface area contributed by atoms with Crippen LogP contribution in [0.1, 0.15) is 10.4 Å². The molecule has 0 saturated heterocycles. The van der Waals surface area contributed by atoms with Crippen LogP contribution in [0.25, 0.3) is 0 Å². The Hall–Kier alpha value is -0.650. The maximum Gasteiger partial charge on any atom is 0.255 e. The Morgan fingerprint density at radius 2 is 2.35 bits per heavy atom. The van der Waals surface area contributed by atoms with Crippen molar-refractivity contribution >= 4 is 33.4 Å². The third kappa shape index (κ3) is 4.61. The standard InChI is InChI=1S/C11H14BrClN2O2/c1-15(6-10(13)7-17-2)11(16)8-3-9(12)5-14-4-8/h3-5,10H,6-7H2,1-2H3. The molecule has 0 aromatic carbocycles. The highest BCUT2D eigenvalue weighted by Gasteiger charge is 2.15. The van der Waals surface area contributed by atoms with Crippen LogP contribution in [-0.2, 0) is 4.74 Å². The topological polar surface area (TPSA) is 42.4 Å². The van der Waals surface area contributed by atoms with Crippen LogP contribution in [-0.4, -0.2) is 48.5 Å². The SMILES string of the molecule is COCC(Cl)CN(C)C(=O)c1cncc(Br)c1. The molecule has 1 aromatic rings. The molecule has 0 N–H and O–H groups in total. The minimum Gasteiger partial charge on any atom is -0.383 e. The van der Waals surface area contributed by atoms with Gasteiger partial charge in [-0.15, -0.1) is 11.6 Å². The van der Waals surface area contributed by atoms with Crippen molar-refractivity contribution in [1.82, 2.24) is 9.88 Å². The second-order valence-corrected chi connectivity index (χ2v) is 5.16. The zero-order valence-corrected chi connectivity index (χ0v) is 12.0. The van der Waals surface area contributed by atoms with Gasteiger partial charge in [0, 0.05) is 37.6 Å². The number of carbonyl (C=O) groups is 1. The van der Waals surface area contributed by atoms with Crippen LogP contribution in [0.3, 0.4) is 0 Å². The normalized spacial score (nSPS) is 12.2. The smallest absolute Gasteiger partial charge is 0.255 e. The minimum atomic E-state index is -0.214. The van der Waals surface area contributed by atoms with Gasteiger partial charge in [0.1, 0.15) is 0 Å². The second-order valence-electron chi connectivity index (χ2n) is 3.63. The first-order chi connectivity index (χ1) is 8.04. The molecule has 0 radical (unpaired) electrons. The van der Waals surface area contributed by atoms with E-state index >= 15 is 0 Å². The maximum atomic E-state index is 12.0. The summed E-state index contributed by atoms with van der Waals surface area (Å²) in [6.45, 7) is 0.844. The number of hydrogen-bond donors (Lipinski definition) is 0. The number of alkyl halides is 1. The molecule has 1 aromatic heterocycles. The van der Waals surface area contributed by atoms with Gasteiger partial charge in [-0.05, 0) is 22.0 Å². The Balaban J connectivity index is 2.63. The summed E-state index contributed by atoms with van der Waals surface area (Å²) in [5.74, 6) is -0.111. The quantitative estimate of drug-likeness (QED) is 0.781. The first kappa shape index (κ1) is 14.4. The number of nitrogens with zero attached hydrogens (tertiary/aromatic N) is 2. The van der Waals surface area contributed by atoms with Crippen LogP contribution in [0, 0.1) is 0 Å². The zero-order chi connectivity index (χ0) is 12.8. The molecule has 94 valence electrons. The van der Waals surface area contributed by atoms with Gasteiger partial charge >= 0.3 is 0 Å². The average Bonchev–Trinajstić information content (AvgIpc) is 2.28. The molecular formula is C11H14BrClN2O2. The molecule has 0 aliphatic carbocycles. The third-order valence-electron chi connectivity index (χ3n) is 2.12. The number of amides is 1. The predicted octanol–water partition coefficient (Wildman–Crippen LogP) is 2.17. The first-order valence-corrected chi connectivity index (χ1v) is 6.26. The van der Waals surface area contributed by atoms with Crippen LogP contribution in [0.15, 0.2) is 22.9 Å². The van der Waals surface area contributed by atoms with Gasteiger partial charge < -0.3 is 9.64 Å². The first-order valence-electron chi connectivity index (χ1n) is 5.03. The van der Waals surface area contributed by atoms with Crippen molar-refractivity contribution in [1.29, 1.82) is 0 Å². The highest BCUT2D eigenvalue weighted by Crippen LogP contribution is 2.12. The third-order valence-corrected chi connectivity index (χ3v) is 2.82. The molecule has 1 amide bonds. The molecule has 0 spiro atoms. The van der Waals surface area contributed by atoms with E-state index in [2.05, 4.69) is 20.9 Å². The lowest BCUT2D eigenvalue weighted by Crippen LogP contribution is -2.34. The van der Waals surface area contributed by atoms with Crippen LogP contribution in [0.4, 0.5) is 0 Å². The maximum absolute atomic E-state index is 12.0. The zero-order valence-electron chi connectivity index (χ0n) is 9.69. The molecular weight excluding hydrogens is 307 g/mol. The molecule has 0 aliphatic heterocycles. The summed E-state index contributed by atoms with van der Waals surface area (Å²) >= 11 is 9.27. The van der Waals surface area contributed by atoms with Gasteiger partial charge in [-0.3, -0.25) is 9.78 Å². The average molecular weight is 322 g/mol. The van der Waals surface area contributed by atoms with Crippen molar-refractivity contribution in [2.24, 2.45) is 0 Å². The van der Waals surface area contributed by atoms with E-state index in [4.69, 9.17) is 16.3 Å². The van der Waals surface area contributed by atoms with Crippen molar-refractivity contribution < 1.29 is 9.53 Å². The number of aromatic nitrogens is 1. The van der Waals surface area contributed by atoms with E-state index in [9.17, 15) is 4.79 Å². The summed E-state index contributed by atoms with van der Waals surface area (Å²) in [7, 11) is 3.28. The fraction of sp³-hybridized carbons (Fsp3) is 0.455. The van der Waals surface area contributed by atoms with Crippen LogP contribution >= 0.6 is 27.5 Å². The van der Waals surface area contributed by atoms with E-state index in [0.717, 1.165) is 4.47 Å². The predicted molar refractivity (Wildman–Crippen MR) is 70.4 cm³/mol. The van der Waals surface area contributed by atoms with Crippen LogP contribution < -0.4 is 0 Å². The van der Waals surface area contributed by atoms with Gasteiger partial charge in [-0.2, -0.15) is 0 Å². The lowest BCUT2D eigenvalue weighted by molar-refractivity contribution is 0.0781. The number of rotatable bonds is 5. The summed E-state index contributed by atoms with van der Waals surface area (Å²) in [5, 5.41) is -0.214. The molecule has 1 unspecified atom stereocenters. The molecule has 4 nitrogen and oxygen atoms in total. The number of ether oxygens (including phenoxy) is 1. The Labute approximate surface area is 114 Å². The second kappa shape index (κ2) is 6.93. The Kier molecular flexibility index (Phi) is 5.88. The van der Waals surface area contributed by atoms with Crippen LogP contribution in [0.5, 0.6) is 0 Å². The van der Waals surface area contributed by atoms with Gasteiger partial charge in [0.05, 0.1) is 17.5 Å². The molecule has 6 heteroatoms. The minimum absolute atomic E-state index is 0.111. The number of carbonyl (C=O) groups excluding carboxylic acids is 1. The van der Waals surface area contributed by atoms with E-state index in [1.165, 1.54) is 6.20 Å². The lowest BCUT2D eigenvalue weighted by Gasteiger charge is -2.20. The molecule has 1 heterocycles. The molecule has 0 fully saturated rings. The van der Waals surface area contributed by atoms with E-state index in [1.807, 2.05) is 0 Å². The van der Waals surface area contributed by atoms with E-state index in [-0.39, 0.29) is 11.3 Å². The van der Waals surface area contributed by atoms with Crippen molar-refractivity contribution in [3.63, 3.8) is 0 Å². The summed E-state index contributed by atoms with van der Waals surface area (Å²) < 4.78 is 5.69. The largest absolute Gasteiger partial charge is 0.383 e.